The van der Waals surface area contributed by atoms with Crippen molar-refractivity contribution in [1.82, 2.24) is 0 Å². The van der Waals surface area contributed by atoms with Crippen LogP contribution in [0.3, 0.4) is 0 Å². The smallest absolute Gasteiger partial charge is 0.341 e. The molecule has 11 heteroatoms. The highest BCUT2D eigenvalue weighted by Gasteiger charge is 2.35. The van der Waals surface area contributed by atoms with Crippen LogP contribution in [0.1, 0.15) is 34.8 Å². The van der Waals surface area contributed by atoms with Gasteiger partial charge in [-0.25, -0.2) is 13.2 Å². The molecule has 2 aromatic rings. The zero-order chi connectivity index (χ0) is 29.0. The van der Waals surface area contributed by atoms with Gasteiger partial charge in [-0.1, -0.05) is 29.8 Å². The van der Waals surface area contributed by atoms with Crippen LogP contribution >= 0.6 is 0 Å². The van der Waals surface area contributed by atoms with E-state index in [1.54, 1.807) is 51.3 Å². The van der Waals surface area contributed by atoms with Gasteiger partial charge in [0.2, 0.25) is 0 Å². The number of carbonyl (C=O) groups is 2. The number of carbonyl (C=O) groups excluding carboxylic acids is 2. The fourth-order valence-corrected chi connectivity index (χ4v) is 5.62. The van der Waals surface area contributed by atoms with Gasteiger partial charge >= 0.3 is 11.9 Å². The molecule has 0 N–H and O–H groups in total. The fraction of sp³-hybridized carbons (Fsp3) is 0.429. The fourth-order valence-electron chi connectivity index (χ4n) is 3.93. The molecular formula is C28H36O10S. The summed E-state index contributed by atoms with van der Waals surface area (Å²) in [5.74, 6) is -0.758. The molecule has 2 rings (SSSR count). The quantitative estimate of drug-likeness (QED) is 0.137. The van der Waals surface area contributed by atoms with Crippen LogP contribution in [0.2, 0.25) is 0 Å². The van der Waals surface area contributed by atoms with Crippen molar-refractivity contribution in [3.8, 4) is 11.5 Å². The number of hydrogen-bond acceptors (Lipinski definition) is 10. The molecule has 2 aromatic carbocycles. The van der Waals surface area contributed by atoms with Gasteiger partial charge in [0.05, 0.1) is 39.4 Å². The molecule has 0 saturated heterocycles. The third-order valence-electron chi connectivity index (χ3n) is 5.91. The molecule has 10 nitrogen and oxygen atoms in total. The number of rotatable bonds is 15. The van der Waals surface area contributed by atoms with Gasteiger partial charge < -0.3 is 28.4 Å². The summed E-state index contributed by atoms with van der Waals surface area (Å²) in [6.45, 7) is 3.99. The highest BCUT2D eigenvalue weighted by atomic mass is 32.2. The summed E-state index contributed by atoms with van der Waals surface area (Å²) < 4.78 is 58.1. The highest BCUT2D eigenvalue weighted by Crippen LogP contribution is 2.37. The second-order valence-corrected chi connectivity index (χ2v) is 10.7. The molecule has 0 aliphatic heterocycles. The molecular weight excluding hydrogens is 528 g/mol. The van der Waals surface area contributed by atoms with Crippen LogP contribution in [0, 0.1) is 6.92 Å². The van der Waals surface area contributed by atoms with Gasteiger partial charge in [0.25, 0.3) is 0 Å². The maximum Gasteiger partial charge on any atom is 0.341 e. The summed E-state index contributed by atoms with van der Waals surface area (Å²) in [5.41, 5.74) is 2.00. The van der Waals surface area contributed by atoms with Crippen molar-refractivity contribution >= 4 is 21.8 Å². The number of ether oxygens (including phenoxy) is 6. The van der Waals surface area contributed by atoms with Crippen LogP contribution in [-0.4, -0.2) is 74.1 Å². The Balaban J connectivity index is 2.46. The Morgan fingerprint density at radius 3 is 2.26 bits per heavy atom. The van der Waals surface area contributed by atoms with E-state index in [4.69, 9.17) is 28.4 Å². The van der Waals surface area contributed by atoms with Crippen molar-refractivity contribution < 1.29 is 46.4 Å². The molecule has 0 aliphatic rings. The summed E-state index contributed by atoms with van der Waals surface area (Å²) in [6.07, 6.45) is 1.86. The monoisotopic (exact) mass is 564 g/mol. The van der Waals surface area contributed by atoms with E-state index in [1.807, 2.05) is 0 Å². The predicted molar refractivity (Wildman–Crippen MR) is 144 cm³/mol. The number of benzene rings is 2. The lowest BCUT2D eigenvalue weighted by atomic mass is 9.98. The summed E-state index contributed by atoms with van der Waals surface area (Å²) in [4.78, 5) is 25.1. The minimum atomic E-state index is -4.01. The molecule has 1 unspecified atom stereocenters. The first-order valence-corrected chi connectivity index (χ1v) is 13.7. The Bertz CT molecular complexity index is 1250. The van der Waals surface area contributed by atoms with Gasteiger partial charge in [0, 0.05) is 12.7 Å². The second-order valence-electron chi connectivity index (χ2n) is 8.57. The molecule has 0 aromatic heterocycles. The Morgan fingerprint density at radius 1 is 0.974 bits per heavy atom. The Hall–Kier alpha value is -3.41. The highest BCUT2D eigenvalue weighted by molar-refractivity contribution is 7.92. The van der Waals surface area contributed by atoms with Gasteiger partial charge in [-0.15, -0.1) is 0 Å². The van der Waals surface area contributed by atoms with Crippen molar-refractivity contribution in [2.45, 2.75) is 36.8 Å². The van der Waals surface area contributed by atoms with Crippen molar-refractivity contribution in [2.75, 3.05) is 48.4 Å². The first-order chi connectivity index (χ1) is 18.6. The van der Waals surface area contributed by atoms with E-state index in [0.29, 0.717) is 29.1 Å². The van der Waals surface area contributed by atoms with E-state index >= 15 is 0 Å². The molecule has 1 atom stereocenters. The Kier molecular flexibility index (Phi) is 12.4. The van der Waals surface area contributed by atoms with Crippen LogP contribution in [-0.2, 0) is 40.0 Å². The number of hydrogen-bond donors (Lipinski definition) is 0. The summed E-state index contributed by atoms with van der Waals surface area (Å²) in [6, 6.07) is 9.36. The average Bonchev–Trinajstić information content (AvgIpc) is 2.94. The van der Waals surface area contributed by atoms with E-state index in [-0.39, 0.29) is 42.4 Å². The summed E-state index contributed by atoms with van der Waals surface area (Å²) in [5, 5.41) is -1.43. The number of methoxy groups -OCH3 is 4. The molecule has 0 heterocycles. The van der Waals surface area contributed by atoms with Crippen LogP contribution in [0.4, 0.5) is 0 Å². The first-order valence-electron chi connectivity index (χ1n) is 12.1. The van der Waals surface area contributed by atoms with E-state index in [1.165, 1.54) is 26.4 Å². The zero-order valence-electron chi connectivity index (χ0n) is 23.1. The lowest BCUT2D eigenvalue weighted by Gasteiger charge is -2.20. The molecule has 214 valence electrons. The third kappa shape index (κ3) is 8.29. The van der Waals surface area contributed by atoms with Crippen LogP contribution in [0.5, 0.6) is 11.5 Å². The van der Waals surface area contributed by atoms with Gasteiger partial charge in [-0.3, -0.25) is 4.79 Å². The third-order valence-corrected chi connectivity index (χ3v) is 7.95. The van der Waals surface area contributed by atoms with E-state index < -0.39 is 27.0 Å². The van der Waals surface area contributed by atoms with E-state index in [2.05, 4.69) is 0 Å². The molecule has 0 spiro atoms. The van der Waals surface area contributed by atoms with Gasteiger partial charge in [0.15, 0.2) is 21.9 Å². The standard InChI is InChI=1S/C28H36O10S/c1-19(16-24(28(30)36-6)39(31,32)21-10-8-7-9-11-21)12-13-22-25(34-4)20(2)17-23(27(29)35-5)26(22)38-18-37-15-14-33-3/h7-12,17,24H,13-16,18H2,1-6H3/b19-12+. The average molecular weight is 565 g/mol. The van der Waals surface area contributed by atoms with Crippen LogP contribution < -0.4 is 9.47 Å². The Morgan fingerprint density at radius 2 is 1.67 bits per heavy atom. The number of esters is 2. The van der Waals surface area contributed by atoms with Gasteiger partial charge in [0.1, 0.15) is 17.1 Å². The molecule has 0 aliphatic carbocycles. The summed E-state index contributed by atoms with van der Waals surface area (Å²) in [7, 11) is 1.46. The minimum Gasteiger partial charge on any atom is -0.496 e. The minimum absolute atomic E-state index is 0.0282. The molecule has 0 saturated carbocycles. The van der Waals surface area contributed by atoms with Crippen LogP contribution in [0.15, 0.2) is 52.9 Å². The maximum atomic E-state index is 13.2. The van der Waals surface area contributed by atoms with Crippen molar-refractivity contribution in [3.05, 3.63) is 64.7 Å². The molecule has 39 heavy (non-hydrogen) atoms. The van der Waals surface area contributed by atoms with E-state index in [0.717, 1.165) is 7.11 Å². The SMILES string of the molecule is COCCOCOc1c(C(=O)OC)cc(C)c(OC)c1C/C=C(\C)CC(C(=O)OC)S(=O)(=O)c1ccccc1. The van der Waals surface area contributed by atoms with E-state index in [9.17, 15) is 18.0 Å². The zero-order valence-corrected chi connectivity index (χ0v) is 24.0. The normalized spacial score (nSPS) is 12.5. The summed E-state index contributed by atoms with van der Waals surface area (Å²) >= 11 is 0. The van der Waals surface area contributed by atoms with Crippen molar-refractivity contribution in [3.63, 3.8) is 0 Å². The van der Waals surface area contributed by atoms with Crippen molar-refractivity contribution in [2.24, 2.45) is 0 Å². The largest absolute Gasteiger partial charge is 0.496 e. The molecule has 0 fully saturated rings. The number of allylic oxidation sites excluding steroid dienone is 2. The number of sulfone groups is 1. The molecule has 0 radical (unpaired) electrons. The van der Waals surface area contributed by atoms with Gasteiger partial charge in [-0.2, -0.15) is 0 Å². The molecule has 0 bridgehead atoms. The topological polar surface area (TPSA) is 124 Å². The lowest BCUT2D eigenvalue weighted by Crippen LogP contribution is -2.32. The predicted octanol–water partition coefficient (Wildman–Crippen LogP) is 3.68. The maximum absolute atomic E-state index is 13.2. The Labute approximate surface area is 229 Å². The molecule has 0 amide bonds. The van der Waals surface area contributed by atoms with Gasteiger partial charge in [-0.05, 0) is 50.5 Å². The first kappa shape index (κ1) is 31.8. The van der Waals surface area contributed by atoms with Crippen molar-refractivity contribution in [1.29, 1.82) is 0 Å². The number of aryl methyl sites for hydroxylation is 1. The lowest BCUT2D eigenvalue weighted by molar-refractivity contribution is -0.140. The second kappa shape index (κ2) is 15.2. The van der Waals surface area contributed by atoms with Crippen LogP contribution in [0.25, 0.3) is 0 Å².